The predicted octanol–water partition coefficient (Wildman–Crippen LogP) is 1.25. The van der Waals surface area contributed by atoms with Crippen LogP contribution in [0.15, 0.2) is 24.4 Å². The summed E-state index contributed by atoms with van der Waals surface area (Å²) < 4.78 is 20.2. The third kappa shape index (κ3) is 3.44. The van der Waals surface area contributed by atoms with Crippen LogP contribution < -0.4 is 0 Å². The van der Waals surface area contributed by atoms with Gasteiger partial charge in [0.25, 0.3) is 0 Å². The molecule has 1 saturated heterocycles. The molecule has 1 aliphatic rings. The molecule has 0 amide bonds. The van der Waals surface area contributed by atoms with E-state index in [-0.39, 0.29) is 17.7 Å². The van der Waals surface area contributed by atoms with E-state index in [1.807, 2.05) is 0 Å². The molecule has 1 aromatic carbocycles. The van der Waals surface area contributed by atoms with Gasteiger partial charge in [-0.05, 0) is 18.2 Å². The van der Waals surface area contributed by atoms with E-state index in [0.29, 0.717) is 25.4 Å². The summed E-state index contributed by atoms with van der Waals surface area (Å²) in [6.45, 7) is 2.66. The summed E-state index contributed by atoms with van der Waals surface area (Å²) in [5.74, 6) is -0.464. The molecule has 1 fully saturated rings. The van der Waals surface area contributed by atoms with Gasteiger partial charge < -0.3 is 9.84 Å². The molecule has 1 N–H and O–H groups in total. The highest BCUT2D eigenvalue weighted by atomic mass is 35.5. The standard InChI is InChI=1S/C14H16ClFN4O2/c15-13-5-11(1-2-14(13)16)20-7-10(17-18-20)6-19-3-4-22-12(8-19)9-21/h1-2,5,7,12,21H,3-4,6,8-9H2/t12-/m1/s1. The van der Waals surface area contributed by atoms with Crippen LogP contribution in [0.3, 0.4) is 0 Å². The maximum atomic E-state index is 13.2. The number of aliphatic hydroxyl groups excluding tert-OH is 1. The van der Waals surface area contributed by atoms with Crippen molar-refractivity contribution in [2.75, 3.05) is 26.3 Å². The monoisotopic (exact) mass is 326 g/mol. The summed E-state index contributed by atoms with van der Waals surface area (Å²) in [6.07, 6.45) is 1.63. The van der Waals surface area contributed by atoms with Gasteiger partial charge in [-0.2, -0.15) is 0 Å². The highest BCUT2D eigenvalue weighted by Crippen LogP contribution is 2.18. The number of hydrogen-bond acceptors (Lipinski definition) is 5. The van der Waals surface area contributed by atoms with E-state index < -0.39 is 5.82 Å². The van der Waals surface area contributed by atoms with Crippen molar-refractivity contribution in [3.63, 3.8) is 0 Å². The second kappa shape index (κ2) is 6.70. The Labute approximate surface area is 132 Å². The SMILES string of the molecule is OC[C@H]1CN(Cc2cn(-c3ccc(F)c(Cl)c3)nn2)CCO1. The molecule has 8 heteroatoms. The molecule has 6 nitrogen and oxygen atoms in total. The smallest absolute Gasteiger partial charge is 0.141 e. The van der Waals surface area contributed by atoms with Gasteiger partial charge >= 0.3 is 0 Å². The van der Waals surface area contributed by atoms with Crippen LogP contribution in [0.2, 0.25) is 5.02 Å². The molecule has 0 saturated carbocycles. The lowest BCUT2D eigenvalue weighted by atomic mass is 10.2. The van der Waals surface area contributed by atoms with E-state index >= 15 is 0 Å². The molecule has 0 bridgehead atoms. The van der Waals surface area contributed by atoms with Crippen LogP contribution in [0.4, 0.5) is 4.39 Å². The number of benzene rings is 1. The van der Waals surface area contributed by atoms with E-state index in [2.05, 4.69) is 15.2 Å². The fourth-order valence-corrected chi connectivity index (χ4v) is 2.56. The van der Waals surface area contributed by atoms with Gasteiger partial charge in [0.05, 0.1) is 41.9 Å². The first-order valence-electron chi connectivity index (χ1n) is 6.97. The van der Waals surface area contributed by atoms with E-state index in [1.54, 1.807) is 16.9 Å². The Hall–Kier alpha value is -1.54. The third-order valence-corrected chi connectivity index (χ3v) is 3.81. The Morgan fingerprint density at radius 1 is 1.45 bits per heavy atom. The molecule has 0 spiro atoms. The van der Waals surface area contributed by atoms with Crippen molar-refractivity contribution in [2.24, 2.45) is 0 Å². The molecule has 22 heavy (non-hydrogen) atoms. The molecule has 1 atom stereocenters. The number of hydrogen-bond donors (Lipinski definition) is 1. The van der Waals surface area contributed by atoms with Gasteiger partial charge in [0.1, 0.15) is 5.82 Å². The van der Waals surface area contributed by atoms with Crippen molar-refractivity contribution in [3.05, 3.63) is 40.9 Å². The number of aliphatic hydroxyl groups is 1. The minimum atomic E-state index is -0.464. The van der Waals surface area contributed by atoms with Gasteiger partial charge in [-0.1, -0.05) is 16.8 Å². The Balaban J connectivity index is 1.69. The van der Waals surface area contributed by atoms with E-state index in [0.717, 1.165) is 12.2 Å². The van der Waals surface area contributed by atoms with Crippen LogP contribution in [-0.2, 0) is 11.3 Å². The van der Waals surface area contributed by atoms with Gasteiger partial charge in [-0.3, -0.25) is 4.90 Å². The number of nitrogens with zero attached hydrogens (tertiary/aromatic N) is 4. The first kappa shape index (κ1) is 15.4. The number of rotatable bonds is 4. The quantitative estimate of drug-likeness (QED) is 0.916. The van der Waals surface area contributed by atoms with Crippen LogP contribution in [-0.4, -0.2) is 57.4 Å². The van der Waals surface area contributed by atoms with Crippen LogP contribution in [0.5, 0.6) is 0 Å². The molecular weight excluding hydrogens is 311 g/mol. The first-order valence-corrected chi connectivity index (χ1v) is 7.35. The molecular formula is C14H16ClFN4O2. The average Bonchev–Trinajstić information content (AvgIpc) is 2.98. The van der Waals surface area contributed by atoms with Crippen molar-refractivity contribution < 1.29 is 14.2 Å². The lowest BCUT2D eigenvalue weighted by molar-refractivity contribution is -0.0553. The largest absolute Gasteiger partial charge is 0.394 e. The van der Waals surface area contributed by atoms with E-state index in [9.17, 15) is 4.39 Å². The zero-order chi connectivity index (χ0) is 15.5. The summed E-state index contributed by atoms with van der Waals surface area (Å²) in [6, 6.07) is 4.40. The van der Waals surface area contributed by atoms with Crippen molar-refractivity contribution in [2.45, 2.75) is 12.6 Å². The molecule has 118 valence electrons. The number of aromatic nitrogens is 3. The molecule has 1 aliphatic heterocycles. The van der Waals surface area contributed by atoms with Gasteiger partial charge in [-0.25, -0.2) is 9.07 Å². The summed E-state index contributed by atoms with van der Waals surface area (Å²) in [7, 11) is 0. The number of ether oxygens (including phenoxy) is 1. The lowest BCUT2D eigenvalue weighted by Crippen LogP contribution is -2.43. The second-order valence-corrected chi connectivity index (χ2v) is 5.57. The normalized spacial score (nSPS) is 19.5. The maximum Gasteiger partial charge on any atom is 0.141 e. The fraction of sp³-hybridized carbons (Fsp3) is 0.429. The minimum Gasteiger partial charge on any atom is -0.394 e. The van der Waals surface area contributed by atoms with Gasteiger partial charge in [0.2, 0.25) is 0 Å². The Bertz CT molecular complexity index is 652. The van der Waals surface area contributed by atoms with Gasteiger partial charge in [0, 0.05) is 19.6 Å². The predicted molar refractivity (Wildman–Crippen MR) is 78.4 cm³/mol. The van der Waals surface area contributed by atoms with E-state index in [4.69, 9.17) is 21.4 Å². The van der Waals surface area contributed by atoms with Crippen molar-refractivity contribution >= 4 is 11.6 Å². The van der Waals surface area contributed by atoms with Crippen LogP contribution >= 0.6 is 11.6 Å². The summed E-state index contributed by atoms with van der Waals surface area (Å²) in [4.78, 5) is 2.15. The number of halogens is 2. The van der Waals surface area contributed by atoms with Crippen LogP contribution in [0, 0.1) is 5.82 Å². The van der Waals surface area contributed by atoms with Gasteiger partial charge in [0.15, 0.2) is 0 Å². The highest BCUT2D eigenvalue weighted by molar-refractivity contribution is 6.30. The summed E-state index contributed by atoms with van der Waals surface area (Å²) in [5.41, 5.74) is 1.44. The molecule has 1 aromatic heterocycles. The molecule has 0 aliphatic carbocycles. The molecule has 0 radical (unpaired) electrons. The lowest BCUT2D eigenvalue weighted by Gasteiger charge is -2.31. The Morgan fingerprint density at radius 2 is 2.32 bits per heavy atom. The summed E-state index contributed by atoms with van der Waals surface area (Å²) in [5, 5.41) is 17.4. The third-order valence-electron chi connectivity index (χ3n) is 3.52. The summed E-state index contributed by atoms with van der Waals surface area (Å²) >= 11 is 5.78. The Kier molecular flexibility index (Phi) is 4.68. The fourth-order valence-electron chi connectivity index (χ4n) is 2.39. The number of morpholine rings is 1. The van der Waals surface area contributed by atoms with Gasteiger partial charge in [-0.15, -0.1) is 5.10 Å². The highest BCUT2D eigenvalue weighted by Gasteiger charge is 2.20. The topological polar surface area (TPSA) is 63.4 Å². The van der Waals surface area contributed by atoms with Crippen molar-refractivity contribution in [3.8, 4) is 5.69 Å². The minimum absolute atomic E-state index is 0.0112. The first-order chi connectivity index (χ1) is 10.7. The van der Waals surface area contributed by atoms with Crippen LogP contribution in [0.1, 0.15) is 5.69 Å². The van der Waals surface area contributed by atoms with Crippen LogP contribution in [0.25, 0.3) is 5.69 Å². The van der Waals surface area contributed by atoms with Crippen molar-refractivity contribution in [1.82, 2.24) is 19.9 Å². The molecule has 0 unspecified atom stereocenters. The zero-order valence-corrected chi connectivity index (χ0v) is 12.6. The molecule has 2 heterocycles. The molecule has 2 aromatic rings. The van der Waals surface area contributed by atoms with E-state index in [1.165, 1.54) is 12.1 Å². The second-order valence-electron chi connectivity index (χ2n) is 5.16. The average molecular weight is 327 g/mol. The molecule has 3 rings (SSSR count). The zero-order valence-electron chi connectivity index (χ0n) is 11.8. The Morgan fingerprint density at radius 3 is 3.09 bits per heavy atom. The maximum absolute atomic E-state index is 13.2. The van der Waals surface area contributed by atoms with Crippen molar-refractivity contribution in [1.29, 1.82) is 0 Å².